The Balaban J connectivity index is 1.21. The Labute approximate surface area is 525 Å². The maximum Gasteiger partial charge on any atom is 0.364 e. The van der Waals surface area contributed by atoms with E-state index < -0.39 is 297 Å². The van der Waals surface area contributed by atoms with Crippen molar-refractivity contribution in [2.75, 3.05) is 46.2 Å². The van der Waals surface area contributed by atoms with Crippen LogP contribution in [0.5, 0.6) is 0 Å². The molecule has 3 amide bonds. The van der Waals surface area contributed by atoms with E-state index in [-0.39, 0.29) is 0 Å². The molecule has 36 atom stereocenters. The molecule has 7 aliphatic rings. The first kappa shape index (κ1) is 76.9. The Bertz CT molecular complexity index is 2410. The lowest BCUT2D eigenvalue weighted by Crippen LogP contribution is -2.72. The molecule has 0 aliphatic carbocycles. The van der Waals surface area contributed by atoms with Gasteiger partial charge in [0.2, 0.25) is 17.7 Å². The number of carboxylic acid groups (broad SMARTS) is 1. The number of ether oxygens (including phenoxy) is 13. The molecular formula is C51H85N3O39. The van der Waals surface area contributed by atoms with E-state index in [1.54, 1.807) is 0 Å². The molecule has 42 nitrogen and oxygen atoms in total. The minimum absolute atomic E-state index is 0.887. The average molecular weight is 1360 g/mol. The first-order chi connectivity index (χ1) is 43.8. The number of amides is 3. The van der Waals surface area contributed by atoms with Gasteiger partial charge >= 0.3 is 5.97 Å². The van der Waals surface area contributed by atoms with Gasteiger partial charge < -0.3 is 190 Å². The first-order valence-electron chi connectivity index (χ1n) is 29.2. The Hall–Kier alpha value is -3.48. The molecule has 7 aliphatic heterocycles. The third-order valence-corrected chi connectivity index (χ3v) is 16.7. The topological polar surface area (TPSA) is 669 Å². The lowest BCUT2D eigenvalue weighted by atomic mass is 9.88. The molecule has 538 valence electrons. The number of aliphatic hydroxyl groups is 21. The summed E-state index contributed by atoms with van der Waals surface area (Å²) >= 11 is 0. The number of rotatable bonds is 25. The minimum Gasteiger partial charge on any atom is -0.477 e. The molecule has 42 heteroatoms. The molecule has 0 bridgehead atoms. The van der Waals surface area contributed by atoms with Crippen molar-refractivity contribution in [3.05, 3.63) is 0 Å². The molecule has 7 heterocycles. The third kappa shape index (κ3) is 16.8. The number of carboxylic acids is 1. The zero-order valence-electron chi connectivity index (χ0n) is 49.6. The van der Waals surface area contributed by atoms with Crippen LogP contribution in [0.2, 0.25) is 0 Å². The molecule has 25 N–H and O–H groups in total. The smallest absolute Gasteiger partial charge is 0.364 e. The van der Waals surface area contributed by atoms with Crippen LogP contribution in [0.25, 0.3) is 0 Å². The van der Waals surface area contributed by atoms with Gasteiger partial charge in [0.1, 0.15) is 165 Å². The molecule has 7 rings (SSSR count). The minimum atomic E-state index is -3.40. The molecule has 0 unspecified atom stereocenters. The highest BCUT2D eigenvalue weighted by Gasteiger charge is 2.63. The van der Waals surface area contributed by atoms with E-state index in [4.69, 9.17) is 61.6 Å². The van der Waals surface area contributed by atoms with Crippen molar-refractivity contribution in [3.63, 3.8) is 0 Å². The van der Waals surface area contributed by atoms with Crippen LogP contribution in [-0.2, 0) is 80.8 Å². The van der Waals surface area contributed by atoms with Gasteiger partial charge in [-0.05, 0) is 0 Å². The van der Waals surface area contributed by atoms with Crippen molar-refractivity contribution >= 4 is 23.7 Å². The van der Waals surface area contributed by atoms with E-state index in [1.807, 2.05) is 0 Å². The number of carbonyl (C=O) groups is 4. The van der Waals surface area contributed by atoms with Crippen molar-refractivity contribution in [1.29, 1.82) is 0 Å². The van der Waals surface area contributed by atoms with Gasteiger partial charge in [0, 0.05) is 27.2 Å². The number of aliphatic carboxylic acids is 1. The van der Waals surface area contributed by atoms with Crippen LogP contribution >= 0.6 is 0 Å². The van der Waals surface area contributed by atoms with E-state index in [2.05, 4.69) is 16.0 Å². The fourth-order valence-corrected chi connectivity index (χ4v) is 11.8. The average Bonchev–Trinajstić information content (AvgIpc) is 0.761. The van der Waals surface area contributed by atoms with Crippen molar-refractivity contribution in [1.82, 2.24) is 16.0 Å². The highest BCUT2D eigenvalue weighted by atomic mass is 16.8. The fourth-order valence-electron chi connectivity index (χ4n) is 11.8. The van der Waals surface area contributed by atoms with Gasteiger partial charge in [-0.2, -0.15) is 0 Å². The molecule has 0 aromatic carbocycles. The summed E-state index contributed by atoms with van der Waals surface area (Å²) < 4.78 is 75.5. The van der Waals surface area contributed by atoms with Gasteiger partial charge in [-0.1, -0.05) is 0 Å². The Morgan fingerprint density at radius 3 is 1.41 bits per heavy atom. The van der Waals surface area contributed by atoms with Crippen LogP contribution < -0.4 is 16.0 Å². The quantitative estimate of drug-likeness (QED) is 0.0404. The van der Waals surface area contributed by atoms with E-state index in [1.165, 1.54) is 0 Å². The number of nitrogens with one attached hydrogen (secondary N) is 3. The van der Waals surface area contributed by atoms with E-state index in [0.717, 1.165) is 20.8 Å². The summed E-state index contributed by atoms with van der Waals surface area (Å²) in [5.41, 5.74) is 0. The second-order valence-electron chi connectivity index (χ2n) is 23.2. The number of hydrogen-bond acceptors (Lipinski definition) is 38. The lowest BCUT2D eigenvalue weighted by Gasteiger charge is -2.52. The summed E-state index contributed by atoms with van der Waals surface area (Å²) in [6.07, 6.45) is -68.4. The van der Waals surface area contributed by atoms with Crippen LogP contribution in [0, 0.1) is 0 Å². The molecule has 0 aromatic rings. The molecule has 93 heavy (non-hydrogen) atoms. The van der Waals surface area contributed by atoms with Crippen LogP contribution in [-0.4, -0.2) is 403 Å². The predicted octanol–water partition coefficient (Wildman–Crippen LogP) is -16.6. The highest BCUT2D eigenvalue weighted by Crippen LogP contribution is 2.41. The number of aliphatic hydroxyl groups excluding tert-OH is 21. The standard InChI is InChI=1S/C51H85N3O39/c1-12(61)52-23-15(64)4-51(50(79)80,92-41(23)26(66)16(65)5-55)93-43-37(77)49(86-21(10-60)40(43)90-46-24(53-13(2)62)30(70)27(67)17(6-56)83-46)88-38-20(9-59)85-45(25(31(38)71)54-14(3)63)81-11-22-29(69)42(91-47-35(75)32(72)28(68)18(7-57)84-47)36(76)48(87-22)89-39-19(8-58)82-44(78)34(74)33(39)73/h15-49,55-60,64-78H,4-11H2,1-3H3,(H,52,61)(H,53,62)(H,54,63)(H,79,80)/t15-,16+,17+,18+,19+,20+,21+,22+,23+,24+,25+,26+,27-,28-,29-,30+,31+,32-,33+,34+,35+,36+,37+,38+,39+,40-,41+,42-,43+,44+,45+,46-,47+,48-,49-,51-/m0/s1. The number of hydrogen-bond donors (Lipinski definition) is 25. The monoisotopic (exact) mass is 1360 g/mol. The third-order valence-electron chi connectivity index (χ3n) is 16.7. The highest BCUT2D eigenvalue weighted by molar-refractivity contribution is 5.77. The Kier molecular flexibility index (Phi) is 27.2. The van der Waals surface area contributed by atoms with Crippen molar-refractivity contribution in [2.24, 2.45) is 0 Å². The zero-order valence-corrected chi connectivity index (χ0v) is 49.6. The predicted molar refractivity (Wildman–Crippen MR) is 284 cm³/mol. The molecule has 7 fully saturated rings. The largest absolute Gasteiger partial charge is 0.477 e. The Morgan fingerprint density at radius 1 is 0.441 bits per heavy atom. The Morgan fingerprint density at radius 2 is 0.871 bits per heavy atom. The van der Waals surface area contributed by atoms with Gasteiger partial charge in [-0.25, -0.2) is 4.79 Å². The maximum atomic E-state index is 13.6. The van der Waals surface area contributed by atoms with Crippen molar-refractivity contribution < 1.29 is 193 Å². The summed E-state index contributed by atoms with van der Waals surface area (Å²) in [5, 5.41) is 246. The maximum absolute atomic E-state index is 13.6. The van der Waals surface area contributed by atoms with E-state index in [9.17, 15) is 132 Å². The lowest BCUT2D eigenvalue weighted by molar-refractivity contribution is -0.399. The zero-order chi connectivity index (χ0) is 69.0. The summed E-state index contributed by atoms with van der Waals surface area (Å²) in [4.78, 5) is 51.3. The second-order valence-corrected chi connectivity index (χ2v) is 23.2. The molecular weight excluding hydrogens is 1280 g/mol. The molecule has 0 radical (unpaired) electrons. The van der Waals surface area contributed by atoms with Gasteiger partial charge in [0.25, 0.3) is 5.79 Å². The molecule has 0 aromatic heterocycles. The van der Waals surface area contributed by atoms with Gasteiger partial charge in [0.15, 0.2) is 37.7 Å². The van der Waals surface area contributed by atoms with E-state index >= 15 is 0 Å². The SMILES string of the molecule is CC(=O)N[C@H]1[C@H](OC[C@H]2O[C@@H](O[C@H]3[C@H](O)[C@@H](O)[C@H](O)O[C@@H]3CO)[C@H](O)[C@@H](O[C@H]3O[C@H](CO)[C@H](O)[C@H](O)[C@H]3O)[C@H]2O)O[C@H](CO)[C@@H](O[C@@H]2O[C@H](CO)[C@H](O[C@@H]3O[C@H](CO)[C@H](O)[C@H](O)[C@H]3NC(C)=O)[C@H](O[C@]3(C(=O)O)C[C@H](O)[C@@H](NC(C)=O)[C@H]([C@H](O)[C@H](O)CO)O3)[C@H]2O)[C@@H]1O. The van der Waals surface area contributed by atoms with Crippen LogP contribution in [0.3, 0.4) is 0 Å². The fraction of sp³-hybridized carbons (Fsp3) is 0.922. The second kappa shape index (κ2) is 32.9. The van der Waals surface area contributed by atoms with Crippen LogP contribution in [0.4, 0.5) is 0 Å². The summed E-state index contributed by atoms with van der Waals surface area (Å²) in [6, 6.07) is -5.52. The molecule has 7 saturated heterocycles. The van der Waals surface area contributed by atoms with Crippen LogP contribution in [0.15, 0.2) is 0 Å². The first-order valence-corrected chi connectivity index (χ1v) is 29.2. The summed E-state index contributed by atoms with van der Waals surface area (Å²) in [6.45, 7) is -4.90. The molecule has 0 spiro atoms. The molecule has 0 saturated carbocycles. The summed E-state index contributed by atoms with van der Waals surface area (Å²) in [7, 11) is 0. The van der Waals surface area contributed by atoms with Crippen LogP contribution in [0.1, 0.15) is 27.2 Å². The van der Waals surface area contributed by atoms with Crippen molar-refractivity contribution in [2.45, 2.75) is 248 Å². The van der Waals surface area contributed by atoms with Gasteiger partial charge in [0.05, 0.1) is 58.4 Å². The van der Waals surface area contributed by atoms with Gasteiger partial charge in [-0.3, -0.25) is 14.4 Å². The van der Waals surface area contributed by atoms with Crippen molar-refractivity contribution in [3.8, 4) is 0 Å². The summed E-state index contributed by atoms with van der Waals surface area (Å²) in [5.74, 6) is -8.32. The van der Waals surface area contributed by atoms with Gasteiger partial charge in [-0.15, -0.1) is 0 Å². The van der Waals surface area contributed by atoms with E-state index in [0.29, 0.717) is 0 Å². The number of carbonyl (C=O) groups excluding carboxylic acids is 3. The normalized spacial score (nSPS) is 47.2.